The van der Waals surface area contributed by atoms with Gasteiger partial charge in [0.25, 0.3) is 0 Å². The Bertz CT molecular complexity index is 465. The van der Waals surface area contributed by atoms with Gasteiger partial charge in [-0.3, -0.25) is 14.4 Å². The third kappa shape index (κ3) is 4.82. The first-order valence-corrected chi connectivity index (χ1v) is 6.78. The lowest BCUT2D eigenvalue weighted by molar-refractivity contribution is -0.146. The molecule has 0 aromatic carbocycles. The zero-order valence-electron chi connectivity index (χ0n) is 10.9. The van der Waals surface area contributed by atoms with Crippen molar-refractivity contribution in [1.29, 1.82) is 0 Å². The van der Waals surface area contributed by atoms with Crippen LogP contribution in [0.3, 0.4) is 0 Å². The van der Waals surface area contributed by atoms with Gasteiger partial charge in [0.15, 0.2) is 5.78 Å². The zero-order valence-corrected chi connectivity index (χ0v) is 11.8. The van der Waals surface area contributed by atoms with E-state index in [0.717, 1.165) is 0 Å². The molecule has 0 aliphatic heterocycles. The maximum atomic E-state index is 11.7. The maximum Gasteiger partial charge on any atom is 0.310 e. The van der Waals surface area contributed by atoms with Crippen molar-refractivity contribution >= 4 is 29.0 Å². The Hall–Kier alpha value is -1.69. The molecule has 0 saturated heterocycles. The molecule has 5 nitrogen and oxygen atoms in total. The number of carbonyl (C=O) groups is 3. The van der Waals surface area contributed by atoms with Gasteiger partial charge in [-0.25, -0.2) is 0 Å². The van der Waals surface area contributed by atoms with Gasteiger partial charge in [0.05, 0.1) is 10.3 Å². The van der Waals surface area contributed by atoms with E-state index in [1.165, 1.54) is 25.2 Å². The van der Waals surface area contributed by atoms with Crippen molar-refractivity contribution < 1.29 is 19.5 Å². The molecule has 1 amide bonds. The fourth-order valence-electron chi connectivity index (χ4n) is 1.27. The number of carboxylic acids is 1. The minimum absolute atomic E-state index is 0.0500. The quantitative estimate of drug-likeness (QED) is 0.749. The Kier molecular flexibility index (Phi) is 5.23. The van der Waals surface area contributed by atoms with Crippen LogP contribution in [0.2, 0.25) is 0 Å². The molecule has 0 atom stereocenters. The summed E-state index contributed by atoms with van der Waals surface area (Å²) in [5.74, 6) is -1.34. The van der Waals surface area contributed by atoms with Crippen LogP contribution in [0.4, 0.5) is 0 Å². The number of aliphatic carboxylic acids is 1. The second-order valence-electron chi connectivity index (χ2n) is 4.87. The summed E-state index contributed by atoms with van der Waals surface area (Å²) < 4.78 is 0. The highest BCUT2D eigenvalue weighted by Gasteiger charge is 2.27. The molecule has 0 fully saturated rings. The van der Waals surface area contributed by atoms with Crippen molar-refractivity contribution in [3.8, 4) is 0 Å². The highest BCUT2D eigenvalue weighted by atomic mass is 32.1. The average Bonchev–Trinajstić information content (AvgIpc) is 2.87. The number of carbonyl (C=O) groups excluding carboxylic acids is 2. The van der Waals surface area contributed by atoms with Gasteiger partial charge in [0.2, 0.25) is 5.91 Å². The van der Waals surface area contributed by atoms with E-state index in [0.29, 0.717) is 4.88 Å². The van der Waals surface area contributed by atoms with E-state index >= 15 is 0 Å². The lowest BCUT2D eigenvalue weighted by atomic mass is 9.94. The molecule has 0 bridgehead atoms. The molecule has 104 valence electrons. The van der Waals surface area contributed by atoms with Gasteiger partial charge in [0.1, 0.15) is 0 Å². The van der Waals surface area contributed by atoms with Gasteiger partial charge in [-0.05, 0) is 25.3 Å². The van der Waals surface area contributed by atoms with Crippen LogP contribution in [-0.4, -0.2) is 29.3 Å². The second kappa shape index (κ2) is 6.47. The Morgan fingerprint density at radius 2 is 2.00 bits per heavy atom. The number of thiophene rings is 1. The Balaban J connectivity index is 2.33. The van der Waals surface area contributed by atoms with Gasteiger partial charge in [0, 0.05) is 19.4 Å². The van der Waals surface area contributed by atoms with Crippen molar-refractivity contribution in [2.75, 3.05) is 6.54 Å². The minimum atomic E-state index is -1.01. The summed E-state index contributed by atoms with van der Waals surface area (Å²) in [7, 11) is 0. The molecule has 0 radical (unpaired) electrons. The van der Waals surface area contributed by atoms with Crippen LogP contribution in [0.1, 0.15) is 36.4 Å². The molecule has 2 N–H and O–H groups in total. The number of hydrogen-bond donors (Lipinski definition) is 2. The summed E-state index contributed by atoms with van der Waals surface area (Å²) >= 11 is 1.35. The summed E-state index contributed by atoms with van der Waals surface area (Å²) in [5, 5.41) is 13.2. The van der Waals surface area contributed by atoms with Crippen LogP contribution < -0.4 is 5.32 Å². The summed E-state index contributed by atoms with van der Waals surface area (Å²) in [4.78, 5) is 34.7. The van der Waals surface area contributed by atoms with E-state index in [4.69, 9.17) is 5.11 Å². The summed E-state index contributed by atoms with van der Waals surface area (Å²) in [5.41, 5.74) is -1.01. The number of ketones is 1. The fraction of sp³-hybridized carbons (Fsp3) is 0.462. The number of amides is 1. The minimum Gasteiger partial charge on any atom is -0.481 e. The third-order valence-electron chi connectivity index (χ3n) is 2.68. The van der Waals surface area contributed by atoms with Crippen LogP contribution in [0.15, 0.2) is 17.5 Å². The molecule has 0 saturated carbocycles. The molecule has 0 unspecified atom stereocenters. The van der Waals surface area contributed by atoms with Crippen molar-refractivity contribution in [2.45, 2.75) is 26.7 Å². The SMILES string of the molecule is CC(C)(CNC(=O)CCC(=O)c1cccs1)C(=O)O. The van der Waals surface area contributed by atoms with E-state index < -0.39 is 11.4 Å². The lowest BCUT2D eigenvalue weighted by Gasteiger charge is -2.19. The lowest BCUT2D eigenvalue weighted by Crippen LogP contribution is -2.38. The van der Waals surface area contributed by atoms with Gasteiger partial charge in [-0.15, -0.1) is 11.3 Å². The molecule has 6 heteroatoms. The molecule has 0 spiro atoms. The first kappa shape index (κ1) is 15.4. The van der Waals surface area contributed by atoms with Gasteiger partial charge in [-0.1, -0.05) is 6.07 Å². The number of nitrogens with one attached hydrogen (secondary N) is 1. The van der Waals surface area contributed by atoms with Crippen molar-refractivity contribution in [3.05, 3.63) is 22.4 Å². The predicted molar refractivity (Wildman–Crippen MR) is 72.3 cm³/mol. The molecule has 1 rings (SSSR count). The standard InChI is InChI=1S/C13H17NO4S/c1-13(2,12(17)18)8-14-11(16)6-5-9(15)10-4-3-7-19-10/h3-4,7H,5-6,8H2,1-2H3,(H,14,16)(H,17,18). The van der Waals surface area contributed by atoms with Crippen LogP contribution in [-0.2, 0) is 9.59 Å². The van der Waals surface area contributed by atoms with Crippen molar-refractivity contribution in [2.24, 2.45) is 5.41 Å². The average molecular weight is 283 g/mol. The van der Waals surface area contributed by atoms with E-state index in [-0.39, 0.29) is 31.1 Å². The molecule has 1 aromatic heterocycles. The Morgan fingerprint density at radius 1 is 1.32 bits per heavy atom. The molecular formula is C13H17NO4S. The molecule has 19 heavy (non-hydrogen) atoms. The van der Waals surface area contributed by atoms with E-state index in [1.54, 1.807) is 12.1 Å². The summed E-state index contributed by atoms with van der Waals surface area (Å²) in [6, 6.07) is 3.51. The van der Waals surface area contributed by atoms with Crippen LogP contribution >= 0.6 is 11.3 Å². The molecule has 0 aliphatic rings. The van der Waals surface area contributed by atoms with E-state index in [1.807, 2.05) is 5.38 Å². The van der Waals surface area contributed by atoms with Gasteiger partial charge < -0.3 is 10.4 Å². The topological polar surface area (TPSA) is 83.5 Å². The molecule has 1 aromatic rings. The van der Waals surface area contributed by atoms with Gasteiger partial charge >= 0.3 is 5.97 Å². The summed E-state index contributed by atoms with van der Waals surface area (Å²) in [6.45, 7) is 3.12. The van der Waals surface area contributed by atoms with E-state index in [2.05, 4.69) is 5.32 Å². The van der Waals surface area contributed by atoms with Crippen LogP contribution in [0.25, 0.3) is 0 Å². The molecule has 1 heterocycles. The summed E-state index contributed by atoms with van der Waals surface area (Å²) in [6.07, 6.45) is 0.215. The first-order valence-electron chi connectivity index (χ1n) is 5.90. The van der Waals surface area contributed by atoms with Crippen LogP contribution in [0, 0.1) is 5.41 Å². The predicted octanol–water partition coefficient (Wildman–Crippen LogP) is 1.94. The normalized spacial score (nSPS) is 11.1. The number of hydrogen-bond acceptors (Lipinski definition) is 4. The van der Waals surface area contributed by atoms with Crippen molar-refractivity contribution in [1.82, 2.24) is 5.32 Å². The molecule has 0 aliphatic carbocycles. The number of Topliss-reactive ketones (excluding diaryl/α,β-unsaturated/α-hetero) is 1. The van der Waals surface area contributed by atoms with Gasteiger partial charge in [-0.2, -0.15) is 0 Å². The van der Waals surface area contributed by atoms with Crippen LogP contribution in [0.5, 0.6) is 0 Å². The monoisotopic (exact) mass is 283 g/mol. The highest BCUT2D eigenvalue weighted by molar-refractivity contribution is 7.12. The first-order chi connectivity index (χ1) is 8.83. The number of carboxylic acid groups (broad SMARTS) is 1. The maximum absolute atomic E-state index is 11.7. The molecular weight excluding hydrogens is 266 g/mol. The highest BCUT2D eigenvalue weighted by Crippen LogP contribution is 2.14. The largest absolute Gasteiger partial charge is 0.481 e. The third-order valence-corrected chi connectivity index (χ3v) is 3.59. The Morgan fingerprint density at radius 3 is 2.53 bits per heavy atom. The zero-order chi connectivity index (χ0) is 14.5. The number of rotatable bonds is 7. The van der Waals surface area contributed by atoms with E-state index in [9.17, 15) is 14.4 Å². The fourth-order valence-corrected chi connectivity index (χ4v) is 1.97. The smallest absolute Gasteiger partial charge is 0.310 e. The Labute approximate surface area is 115 Å². The van der Waals surface area contributed by atoms with Crippen molar-refractivity contribution in [3.63, 3.8) is 0 Å². The second-order valence-corrected chi connectivity index (χ2v) is 5.81.